The zero-order valence-corrected chi connectivity index (χ0v) is 13.4. The van der Waals surface area contributed by atoms with Crippen molar-refractivity contribution in [2.75, 3.05) is 25.0 Å². The zero-order chi connectivity index (χ0) is 16.1. The lowest BCUT2D eigenvalue weighted by Gasteiger charge is -2.25. The lowest BCUT2D eigenvalue weighted by Crippen LogP contribution is -2.38. The maximum absolute atomic E-state index is 12.1. The highest BCUT2D eigenvalue weighted by atomic mass is 16.3. The minimum atomic E-state index is -0.226. The number of carbonyl (C=O) groups excluding carboxylic acids is 1. The SMILES string of the molecule is CCn1cc(NC(=O)NCC(c2ccco2)N2CCCC2)cn1. The van der Waals surface area contributed by atoms with Crippen LogP contribution in [0.4, 0.5) is 10.5 Å². The highest BCUT2D eigenvalue weighted by Gasteiger charge is 2.25. The van der Waals surface area contributed by atoms with Crippen molar-refractivity contribution in [3.63, 3.8) is 0 Å². The second-order valence-corrected chi connectivity index (χ2v) is 5.69. The van der Waals surface area contributed by atoms with E-state index in [0.29, 0.717) is 12.2 Å². The number of likely N-dealkylation sites (tertiary alicyclic amines) is 1. The van der Waals surface area contributed by atoms with E-state index in [0.717, 1.165) is 25.4 Å². The number of urea groups is 1. The van der Waals surface area contributed by atoms with Crippen LogP contribution in [-0.2, 0) is 6.54 Å². The summed E-state index contributed by atoms with van der Waals surface area (Å²) in [6.45, 7) is 5.37. The zero-order valence-electron chi connectivity index (χ0n) is 13.4. The predicted octanol–water partition coefficient (Wildman–Crippen LogP) is 2.45. The molecular weight excluding hydrogens is 294 g/mol. The van der Waals surface area contributed by atoms with Gasteiger partial charge in [0.05, 0.1) is 24.2 Å². The van der Waals surface area contributed by atoms with Gasteiger partial charge in [-0.3, -0.25) is 9.58 Å². The Bertz CT molecular complexity index is 616. The van der Waals surface area contributed by atoms with E-state index in [2.05, 4.69) is 20.6 Å². The number of nitrogens with zero attached hydrogens (tertiary/aromatic N) is 3. The van der Waals surface area contributed by atoms with Crippen LogP contribution in [0.5, 0.6) is 0 Å². The fraction of sp³-hybridized carbons (Fsp3) is 0.500. The third-order valence-corrected chi connectivity index (χ3v) is 4.12. The molecule has 1 fully saturated rings. The molecule has 1 atom stereocenters. The average Bonchev–Trinajstić information content (AvgIpc) is 3.30. The third-order valence-electron chi connectivity index (χ3n) is 4.12. The molecule has 23 heavy (non-hydrogen) atoms. The van der Waals surface area contributed by atoms with E-state index in [-0.39, 0.29) is 12.1 Å². The van der Waals surface area contributed by atoms with Gasteiger partial charge in [-0.2, -0.15) is 5.10 Å². The Balaban J connectivity index is 1.56. The molecule has 3 heterocycles. The van der Waals surface area contributed by atoms with Crippen molar-refractivity contribution in [1.82, 2.24) is 20.0 Å². The summed E-state index contributed by atoms with van der Waals surface area (Å²) in [5.74, 6) is 0.894. The Morgan fingerprint density at radius 3 is 2.91 bits per heavy atom. The second kappa shape index (κ2) is 7.32. The van der Waals surface area contributed by atoms with Gasteiger partial charge in [0.1, 0.15) is 5.76 Å². The van der Waals surface area contributed by atoms with E-state index >= 15 is 0 Å². The van der Waals surface area contributed by atoms with Crippen molar-refractivity contribution in [3.05, 3.63) is 36.5 Å². The van der Waals surface area contributed by atoms with Crippen molar-refractivity contribution in [3.8, 4) is 0 Å². The van der Waals surface area contributed by atoms with Crippen LogP contribution in [0.25, 0.3) is 0 Å². The summed E-state index contributed by atoms with van der Waals surface area (Å²) in [6, 6.07) is 3.71. The monoisotopic (exact) mass is 317 g/mol. The highest BCUT2D eigenvalue weighted by molar-refractivity contribution is 5.88. The first-order valence-electron chi connectivity index (χ1n) is 8.11. The molecule has 0 radical (unpaired) electrons. The van der Waals surface area contributed by atoms with Crippen LogP contribution in [0.1, 0.15) is 31.6 Å². The summed E-state index contributed by atoms with van der Waals surface area (Å²) in [5, 5.41) is 9.88. The molecule has 1 saturated heterocycles. The molecule has 1 unspecified atom stereocenters. The van der Waals surface area contributed by atoms with Crippen molar-refractivity contribution in [2.24, 2.45) is 0 Å². The smallest absolute Gasteiger partial charge is 0.319 e. The van der Waals surface area contributed by atoms with Crippen LogP contribution in [0.2, 0.25) is 0 Å². The fourth-order valence-corrected chi connectivity index (χ4v) is 2.91. The van der Waals surface area contributed by atoms with Gasteiger partial charge in [0.2, 0.25) is 0 Å². The third kappa shape index (κ3) is 3.92. The second-order valence-electron chi connectivity index (χ2n) is 5.69. The van der Waals surface area contributed by atoms with Gasteiger partial charge >= 0.3 is 6.03 Å². The number of aryl methyl sites for hydroxylation is 1. The van der Waals surface area contributed by atoms with E-state index in [1.807, 2.05) is 25.3 Å². The predicted molar refractivity (Wildman–Crippen MR) is 87.2 cm³/mol. The standard InChI is InChI=1S/C16H23N5O2/c1-2-21-12-13(10-18-21)19-16(22)17-11-14(15-6-5-9-23-15)20-7-3-4-8-20/h5-6,9-10,12,14H,2-4,7-8,11H2,1H3,(H2,17,19,22). The van der Waals surface area contributed by atoms with Gasteiger partial charge in [0.25, 0.3) is 0 Å². The van der Waals surface area contributed by atoms with E-state index in [1.165, 1.54) is 12.8 Å². The molecule has 2 amide bonds. The normalized spacial score (nSPS) is 16.4. The minimum Gasteiger partial charge on any atom is -0.468 e. The number of amides is 2. The quantitative estimate of drug-likeness (QED) is 0.858. The summed E-state index contributed by atoms with van der Waals surface area (Å²) in [7, 11) is 0. The summed E-state index contributed by atoms with van der Waals surface area (Å²) >= 11 is 0. The van der Waals surface area contributed by atoms with Gasteiger partial charge in [-0.15, -0.1) is 0 Å². The molecule has 3 rings (SSSR count). The average molecular weight is 317 g/mol. The van der Waals surface area contributed by atoms with Crippen LogP contribution < -0.4 is 10.6 Å². The molecule has 0 aromatic carbocycles. The molecule has 0 aliphatic carbocycles. The van der Waals surface area contributed by atoms with Crippen LogP contribution in [0.3, 0.4) is 0 Å². The lowest BCUT2D eigenvalue weighted by molar-refractivity contribution is 0.207. The largest absolute Gasteiger partial charge is 0.468 e. The molecule has 0 bridgehead atoms. The summed E-state index contributed by atoms with van der Waals surface area (Å²) < 4.78 is 7.32. The van der Waals surface area contributed by atoms with Gasteiger partial charge < -0.3 is 15.1 Å². The molecule has 0 saturated carbocycles. The first-order valence-corrected chi connectivity index (χ1v) is 8.11. The molecule has 0 spiro atoms. The number of aromatic nitrogens is 2. The maximum atomic E-state index is 12.1. The molecule has 124 valence electrons. The number of hydrogen-bond donors (Lipinski definition) is 2. The van der Waals surface area contributed by atoms with E-state index < -0.39 is 0 Å². The topological polar surface area (TPSA) is 75.3 Å². The van der Waals surface area contributed by atoms with Crippen molar-refractivity contribution in [1.29, 1.82) is 0 Å². The van der Waals surface area contributed by atoms with E-state index in [4.69, 9.17) is 4.42 Å². The lowest BCUT2D eigenvalue weighted by atomic mass is 10.2. The Morgan fingerprint density at radius 2 is 2.26 bits per heavy atom. The number of nitrogens with one attached hydrogen (secondary N) is 2. The first kappa shape index (κ1) is 15.6. The first-order chi connectivity index (χ1) is 11.3. The van der Waals surface area contributed by atoms with Crippen LogP contribution in [0, 0.1) is 0 Å². The number of carbonyl (C=O) groups is 1. The number of rotatable bonds is 6. The molecule has 7 nitrogen and oxygen atoms in total. The molecule has 1 aliphatic rings. The van der Waals surface area contributed by atoms with Gasteiger partial charge in [-0.25, -0.2) is 4.79 Å². The van der Waals surface area contributed by atoms with Crippen molar-refractivity contribution in [2.45, 2.75) is 32.4 Å². The molecule has 2 N–H and O–H groups in total. The Labute approximate surface area is 135 Å². The van der Waals surface area contributed by atoms with Crippen LogP contribution in [-0.4, -0.2) is 40.3 Å². The molecule has 7 heteroatoms. The van der Waals surface area contributed by atoms with Gasteiger partial charge in [0, 0.05) is 19.3 Å². The van der Waals surface area contributed by atoms with Crippen molar-refractivity contribution >= 4 is 11.7 Å². The van der Waals surface area contributed by atoms with E-state index in [9.17, 15) is 4.79 Å². The summed E-state index contributed by atoms with van der Waals surface area (Å²) in [5.41, 5.74) is 0.695. The summed E-state index contributed by atoms with van der Waals surface area (Å²) in [4.78, 5) is 14.4. The van der Waals surface area contributed by atoms with E-state index in [1.54, 1.807) is 17.1 Å². The Hall–Kier alpha value is -2.28. The van der Waals surface area contributed by atoms with Gasteiger partial charge in [-0.1, -0.05) is 0 Å². The number of anilines is 1. The number of hydrogen-bond acceptors (Lipinski definition) is 4. The molecule has 2 aromatic heterocycles. The number of furan rings is 1. The maximum Gasteiger partial charge on any atom is 0.319 e. The van der Waals surface area contributed by atoms with Gasteiger partial charge in [-0.05, 0) is 45.0 Å². The Kier molecular flexibility index (Phi) is 4.97. The summed E-state index contributed by atoms with van der Waals surface area (Å²) in [6.07, 6.45) is 7.52. The highest BCUT2D eigenvalue weighted by Crippen LogP contribution is 2.24. The van der Waals surface area contributed by atoms with Gasteiger partial charge in [0.15, 0.2) is 0 Å². The minimum absolute atomic E-state index is 0.0802. The fourth-order valence-electron chi connectivity index (χ4n) is 2.91. The molecule has 1 aliphatic heterocycles. The molecular formula is C16H23N5O2. The Morgan fingerprint density at radius 1 is 1.43 bits per heavy atom. The van der Waals surface area contributed by atoms with Crippen LogP contribution in [0.15, 0.2) is 35.2 Å². The van der Waals surface area contributed by atoms with Crippen molar-refractivity contribution < 1.29 is 9.21 Å². The van der Waals surface area contributed by atoms with Crippen LogP contribution >= 0.6 is 0 Å². The molecule has 2 aromatic rings.